The Morgan fingerprint density at radius 1 is 1.25 bits per heavy atom. The highest BCUT2D eigenvalue weighted by Crippen LogP contribution is 2.30. The number of ether oxygens (including phenoxy) is 2. The maximum Gasteiger partial charge on any atom is 0.408 e. The molecular weight excluding hydrogens is 410 g/mol. The van der Waals surface area contributed by atoms with Crippen LogP contribution >= 0.6 is 0 Å². The number of hydrogen-bond acceptors (Lipinski definition) is 6. The summed E-state index contributed by atoms with van der Waals surface area (Å²) in [6.45, 7) is 9.58. The zero-order valence-corrected chi connectivity index (χ0v) is 19.5. The van der Waals surface area contributed by atoms with Gasteiger partial charge in [-0.05, 0) is 71.9 Å². The number of hydrogen-bond donors (Lipinski definition) is 1. The van der Waals surface area contributed by atoms with Gasteiger partial charge in [0.05, 0.1) is 24.9 Å². The van der Waals surface area contributed by atoms with E-state index in [1.165, 1.54) is 11.3 Å². The van der Waals surface area contributed by atoms with Crippen LogP contribution in [0.3, 0.4) is 0 Å². The van der Waals surface area contributed by atoms with Crippen molar-refractivity contribution in [2.24, 2.45) is 0 Å². The Morgan fingerprint density at radius 3 is 2.56 bits per heavy atom. The number of nitrogens with zero attached hydrogens (tertiary/aromatic N) is 3. The third kappa shape index (κ3) is 5.11. The molecule has 1 amide bonds. The molecule has 2 aromatic rings. The minimum atomic E-state index is -0.916. The zero-order chi connectivity index (χ0) is 22.9. The Bertz CT molecular complexity index is 925. The van der Waals surface area contributed by atoms with Crippen LogP contribution in [-0.4, -0.2) is 64.6 Å². The molecule has 0 radical (unpaired) electrons. The Morgan fingerprint density at radius 2 is 1.97 bits per heavy atom. The highest BCUT2D eigenvalue weighted by molar-refractivity contribution is 5.76. The van der Waals surface area contributed by atoms with E-state index in [1.54, 1.807) is 0 Å². The molecule has 0 spiro atoms. The highest BCUT2D eigenvalue weighted by Gasteiger charge is 2.32. The summed E-state index contributed by atoms with van der Waals surface area (Å²) in [6, 6.07) is 6.28. The van der Waals surface area contributed by atoms with E-state index >= 15 is 0 Å². The standard InChI is InChI=1S/C24H35N3O5/c1-16(27(23(28)29)24(2,3)4)15-30-17-10-12-26(13-11-17)22-25-20-9-8-19(14-21(20)32-22)31-18-6-5-7-18/h8-9,14,16-18H,5-7,10-13,15H2,1-4H3,(H,28,29)/t16-/m0/s1. The van der Waals surface area contributed by atoms with Crippen molar-refractivity contribution in [3.8, 4) is 5.75 Å². The van der Waals surface area contributed by atoms with Gasteiger partial charge in [0.15, 0.2) is 5.58 Å². The van der Waals surface area contributed by atoms with Gasteiger partial charge in [-0.15, -0.1) is 0 Å². The van der Waals surface area contributed by atoms with E-state index in [0.717, 1.165) is 55.6 Å². The molecule has 8 nitrogen and oxygen atoms in total. The second kappa shape index (κ2) is 9.17. The molecule has 8 heteroatoms. The van der Waals surface area contributed by atoms with E-state index in [1.807, 2.05) is 45.9 Å². The quantitative estimate of drug-likeness (QED) is 0.648. The van der Waals surface area contributed by atoms with Gasteiger partial charge in [-0.2, -0.15) is 4.98 Å². The summed E-state index contributed by atoms with van der Waals surface area (Å²) in [6.07, 6.45) is 4.72. The topological polar surface area (TPSA) is 88.3 Å². The molecule has 0 bridgehead atoms. The van der Waals surface area contributed by atoms with Crippen LogP contribution in [0.4, 0.5) is 10.8 Å². The number of anilines is 1. The summed E-state index contributed by atoms with van der Waals surface area (Å²) in [5.74, 6) is 0.844. The van der Waals surface area contributed by atoms with E-state index in [0.29, 0.717) is 18.7 Å². The lowest BCUT2D eigenvalue weighted by Crippen LogP contribution is -2.52. The summed E-state index contributed by atoms with van der Waals surface area (Å²) in [5, 5.41) is 9.55. The number of aromatic nitrogens is 1. The van der Waals surface area contributed by atoms with Crippen molar-refractivity contribution in [3.05, 3.63) is 18.2 Å². The predicted octanol–water partition coefficient (Wildman–Crippen LogP) is 4.91. The molecule has 1 aliphatic carbocycles. The van der Waals surface area contributed by atoms with E-state index in [2.05, 4.69) is 9.88 Å². The molecule has 1 aromatic heterocycles. The number of oxazole rings is 1. The third-order valence-corrected chi connectivity index (χ3v) is 6.36. The minimum Gasteiger partial charge on any atom is -0.490 e. The summed E-state index contributed by atoms with van der Waals surface area (Å²) < 4.78 is 18.1. The number of amides is 1. The average Bonchev–Trinajstić information content (AvgIpc) is 3.11. The molecule has 176 valence electrons. The van der Waals surface area contributed by atoms with Crippen LogP contribution < -0.4 is 9.64 Å². The van der Waals surface area contributed by atoms with E-state index in [-0.39, 0.29) is 12.1 Å². The Balaban J connectivity index is 1.29. The lowest BCUT2D eigenvalue weighted by atomic mass is 9.96. The minimum absolute atomic E-state index is 0.108. The van der Waals surface area contributed by atoms with Gasteiger partial charge in [0, 0.05) is 24.7 Å². The Labute approximate surface area is 189 Å². The van der Waals surface area contributed by atoms with Crippen molar-refractivity contribution in [3.63, 3.8) is 0 Å². The van der Waals surface area contributed by atoms with Crippen molar-refractivity contribution in [1.82, 2.24) is 9.88 Å². The van der Waals surface area contributed by atoms with E-state index < -0.39 is 11.6 Å². The second-order valence-electron chi connectivity index (χ2n) is 9.99. The maximum atomic E-state index is 11.6. The smallest absolute Gasteiger partial charge is 0.408 e. The predicted molar refractivity (Wildman–Crippen MR) is 123 cm³/mol. The number of benzene rings is 1. The van der Waals surface area contributed by atoms with Crippen molar-refractivity contribution in [1.29, 1.82) is 0 Å². The molecule has 2 fully saturated rings. The van der Waals surface area contributed by atoms with Crippen molar-refractivity contribution in [2.75, 3.05) is 24.6 Å². The summed E-state index contributed by atoms with van der Waals surface area (Å²) >= 11 is 0. The first-order chi connectivity index (χ1) is 15.2. The van der Waals surface area contributed by atoms with Crippen LogP contribution in [0, 0.1) is 0 Å². The number of carbonyl (C=O) groups is 1. The van der Waals surface area contributed by atoms with Gasteiger partial charge in [-0.25, -0.2) is 4.79 Å². The summed E-state index contributed by atoms with van der Waals surface area (Å²) in [5.41, 5.74) is 1.12. The van der Waals surface area contributed by atoms with Gasteiger partial charge in [0.1, 0.15) is 11.3 Å². The molecular formula is C24H35N3O5. The van der Waals surface area contributed by atoms with Crippen LogP contribution in [0.25, 0.3) is 11.1 Å². The molecule has 4 rings (SSSR count). The SMILES string of the molecule is C[C@@H](COC1CCN(c2nc3ccc(OC4CCC4)cc3o2)CC1)N(C(=O)O)C(C)(C)C. The van der Waals surface area contributed by atoms with Gasteiger partial charge in [0.2, 0.25) is 0 Å². The molecule has 1 aliphatic heterocycles. The van der Waals surface area contributed by atoms with Gasteiger partial charge < -0.3 is 23.9 Å². The van der Waals surface area contributed by atoms with Crippen LogP contribution in [-0.2, 0) is 4.74 Å². The molecule has 1 saturated heterocycles. The number of rotatable bonds is 7. The third-order valence-electron chi connectivity index (χ3n) is 6.36. The fourth-order valence-electron chi connectivity index (χ4n) is 4.48. The zero-order valence-electron chi connectivity index (χ0n) is 19.5. The summed E-state index contributed by atoms with van der Waals surface area (Å²) in [4.78, 5) is 19.9. The number of carboxylic acid groups (broad SMARTS) is 1. The van der Waals surface area contributed by atoms with Gasteiger partial charge in [0.25, 0.3) is 6.01 Å². The fourth-order valence-corrected chi connectivity index (χ4v) is 4.48. The monoisotopic (exact) mass is 445 g/mol. The molecule has 32 heavy (non-hydrogen) atoms. The van der Waals surface area contributed by atoms with Crippen molar-refractivity contribution < 1.29 is 23.8 Å². The molecule has 2 heterocycles. The Hall–Kier alpha value is -2.48. The molecule has 1 atom stereocenters. The van der Waals surface area contributed by atoms with Crippen molar-refractivity contribution in [2.45, 2.75) is 83.6 Å². The molecule has 0 unspecified atom stereocenters. The molecule has 1 saturated carbocycles. The fraction of sp³-hybridized carbons (Fsp3) is 0.667. The number of fused-ring (bicyclic) bond motifs is 1. The van der Waals surface area contributed by atoms with Crippen LogP contribution in [0.5, 0.6) is 5.75 Å². The average molecular weight is 446 g/mol. The molecule has 1 aromatic carbocycles. The molecule has 1 N–H and O–H groups in total. The largest absolute Gasteiger partial charge is 0.490 e. The maximum absolute atomic E-state index is 11.6. The first-order valence-corrected chi connectivity index (χ1v) is 11.7. The van der Waals surface area contributed by atoms with Crippen LogP contribution in [0.1, 0.15) is 59.8 Å². The van der Waals surface area contributed by atoms with Gasteiger partial charge in [-0.3, -0.25) is 4.90 Å². The van der Waals surface area contributed by atoms with Gasteiger partial charge >= 0.3 is 6.09 Å². The lowest BCUT2D eigenvalue weighted by molar-refractivity contribution is -0.0142. The number of piperidine rings is 1. The lowest BCUT2D eigenvalue weighted by Gasteiger charge is -2.39. The normalized spacial score (nSPS) is 19.1. The highest BCUT2D eigenvalue weighted by atomic mass is 16.5. The first kappa shape index (κ1) is 22.7. The molecule has 2 aliphatic rings. The summed E-state index contributed by atoms with van der Waals surface area (Å²) in [7, 11) is 0. The second-order valence-corrected chi connectivity index (χ2v) is 9.99. The van der Waals surface area contributed by atoms with E-state index in [4.69, 9.17) is 13.9 Å². The van der Waals surface area contributed by atoms with Crippen LogP contribution in [0.2, 0.25) is 0 Å². The Kier molecular flexibility index (Phi) is 6.51. The van der Waals surface area contributed by atoms with Crippen LogP contribution in [0.15, 0.2) is 22.6 Å². The van der Waals surface area contributed by atoms with Crippen molar-refractivity contribution >= 4 is 23.2 Å². The first-order valence-electron chi connectivity index (χ1n) is 11.7. The van der Waals surface area contributed by atoms with E-state index in [9.17, 15) is 9.90 Å². The van der Waals surface area contributed by atoms with Gasteiger partial charge in [-0.1, -0.05) is 0 Å².